The highest BCUT2D eigenvalue weighted by Gasteiger charge is 2.32. The second kappa shape index (κ2) is 8.71. The van der Waals surface area contributed by atoms with Crippen LogP contribution in [0.5, 0.6) is 0 Å². The molecular weight excluding hydrogens is 420 g/mol. The minimum Gasteiger partial charge on any atom is -0.319 e. The van der Waals surface area contributed by atoms with Crippen LogP contribution in [-0.2, 0) is 17.2 Å². The number of anilines is 1. The summed E-state index contributed by atoms with van der Waals surface area (Å²) >= 11 is 6.60. The van der Waals surface area contributed by atoms with Gasteiger partial charge in [0.2, 0.25) is 5.95 Å². The summed E-state index contributed by atoms with van der Waals surface area (Å²) in [6, 6.07) is 4.13. The van der Waals surface area contributed by atoms with Crippen molar-refractivity contribution in [1.82, 2.24) is 9.55 Å². The summed E-state index contributed by atoms with van der Waals surface area (Å²) in [7, 11) is -2.62. The number of fused-ring (bicyclic) bond motifs is 3. The van der Waals surface area contributed by atoms with E-state index in [9.17, 15) is 8.42 Å². The average molecular weight is 449 g/mol. The molecule has 0 saturated heterocycles. The third-order valence-corrected chi connectivity index (χ3v) is 7.35. The molecule has 30 heavy (non-hydrogen) atoms. The van der Waals surface area contributed by atoms with Gasteiger partial charge in [0.1, 0.15) is 11.7 Å². The van der Waals surface area contributed by atoms with Crippen LogP contribution in [0.25, 0.3) is 11.0 Å². The van der Waals surface area contributed by atoms with E-state index < -0.39 is 10.7 Å². The van der Waals surface area contributed by atoms with E-state index in [0.717, 1.165) is 55.8 Å². The zero-order valence-electron chi connectivity index (χ0n) is 17.7. The lowest BCUT2D eigenvalue weighted by Gasteiger charge is -2.33. The normalized spacial score (nSPS) is 21.9. The summed E-state index contributed by atoms with van der Waals surface area (Å²) in [5.74, 6) is 1.33. The van der Waals surface area contributed by atoms with Gasteiger partial charge >= 0.3 is 0 Å². The van der Waals surface area contributed by atoms with E-state index in [1.54, 1.807) is 6.08 Å². The fraction of sp³-hybridized carbons (Fsp3) is 0.545. The van der Waals surface area contributed by atoms with Gasteiger partial charge in [0.05, 0.1) is 15.4 Å². The molecule has 1 aromatic carbocycles. The number of aromatic nitrogens is 2. The molecular formula is C22H29ClN4O2S. The molecule has 2 unspecified atom stereocenters. The van der Waals surface area contributed by atoms with E-state index in [1.165, 1.54) is 11.8 Å². The number of nitrogens with zero attached hydrogens (tertiary/aromatic N) is 4. The lowest BCUT2D eigenvalue weighted by atomic mass is 9.93. The zero-order valence-corrected chi connectivity index (χ0v) is 19.4. The summed E-state index contributed by atoms with van der Waals surface area (Å²) in [5, 5.41) is 0.672. The molecule has 8 heteroatoms. The van der Waals surface area contributed by atoms with Gasteiger partial charge in [0.25, 0.3) is 0 Å². The highest BCUT2D eigenvalue weighted by molar-refractivity contribution is 7.77. The van der Waals surface area contributed by atoms with Crippen molar-refractivity contribution in [3.8, 4) is 0 Å². The number of aryl methyl sites for hydroxylation is 1. The monoisotopic (exact) mass is 448 g/mol. The molecule has 1 aromatic heterocycles. The Kier molecular flexibility index (Phi) is 6.21. The Morgan fingerprint density at radius 2 is 1.93 bits per heavy atom. The molecule has 4 rings (SSSR count). The first kappa shape index (κ1) is 21.4. The Morgan fingerprint density at radius 1 is 1.20 bits per heavy atom. The molecule has 0 spiro atoms. The predicted octanol–water partition coefficient (Wildman–Crippen LogP) is 4.74. The molecule has 162 valence electrons. The van der Waals surface area contributed by atoms with Crippen molar-refractivity contribution in [3.05, 3.63) is 33.7 Å². The molecule has 0 saturated carbocycles. The summed E-state index contributed by atoms with van der Waals surface area (Å²) in [5.41, 5.74) is 3.31. The van der Waals surface area contributed by atoms with Crippen molar-refractivity contribution in [2.24, 2.45) is 10.9 Å². The maximum Gasteiger partial charge on any atom is 0.208 e. The smallest absolute Gasteiger partial charge is 0.208 e. The molecule has 0 N–H and O–H groups in total. The summed E-state index contributed by atoms with van der Waals surface area (Å²) in [6.45, 7) is 8.20. The zero-order chi connectivity index (χ0) is 21.4. The van der Waals surface area contributed by atoms with E-state index in [2.05, 4.69) is 34.4 Å². The molecule has 2 atom stereocenters. The molecule has 2 aliphatic rings. The van der Waals surface area contributed by atoms with E-state index in [1.807, 2.05) is 13.0 Å². The topological polar surface area (TPSA) is 67.6 Å². The Balaban J connectivity index is 1.85. The van der Waals surface area contributed by atoms with Crippen LogP contribution in [0.2, 0.25) is 5.02 Å². The fourth-order valence-electron chi connectivity index (χ4n) is 4.77. The second-order valence-corrected chi connectivity index (χ2v) is 9.65. The van der Waals surface area contributed by atoms with Crippen LogP contribution in [0.15, 0.2) is 28.1 Å². The number of rotatable bonds is 5. The summed E-state index contributed by atoms with van der Waals surface area (Å²) in [4.78, 5) is 12.2. The summed E-state index contributed by atoms with van der Waals surface area (Å²) < 4.78 is 25.1. The number of thiol groups is 1. The maximum atomic E-state index is 11.4. The van der Waals surface area contributed by atoms with Crippen molar-refractivity contribution >= 4 is 45.5 Å². The SMILES string of the molecule is CCC(CC)c1ccc(Cl)c2nc3n(c12)CCCCN3C1N=CC([SH](=O)=O)=CC1C. The Labute approximate surface area is 184 Å². The number of dihydropyridines is 1. The average Bonchev–Trinajstić information content (AvgIpc) is 2.99. The van der Waals surface area contributed by atoms with Crippen LogP contribution in [0.4, 0.5) is 5.95 Å². The van der Waals surface area contributed by atoms with Crippen molar-refractivity contribution in [2.75, 3.05) is 11.4 Å². The summed E-state index contributed by atoms with van der Waals surface area (Å²) in [6.07, 6.45) is 7.34. The van der Waals surface area contributed by atoms with Gasteiger partial charge in [-0.05, 0) is 43.2 Å². The van der Waals surface area contributed by atoms with E-state index in [0.29, 0.717) is 10.9 Å². The first-order valence-electron chi connectivity index (χ1n) is 10.8. The number of benzene rings is 1. The predicted molar refractivity (Wildman–Crippen MR) is 124 cm³/mol. The third kappa shape index (κ3) is 3.66. The van der Waals surface area contributed by atoms with Gasteiger partial charge in [-0.3, -0.25) is 4.99 Å². The molecule has 2 aliphatic heterocycles. The lowest BCUT2D eigenvalue weighted by Crippen LogP contribution is -2.41. The highest BCUT2D eigenvalue weighted by Crippen LogP contribution is 2.38. The van der Waals surface area contributed by atoms with Gasteiger partial charge in [-0.25, -0.2) is 13.4 Å². The molecule has 0 fully saturated rings. The van der Waals surface area contributed by atoms with Crippen molar-refractivity contribution in [3.63, 3.8) is 0 Å². The highest BCUT2D eigenvalue weighted by atomic mass is 35.5. The third-order valence-electron chi connectivity index (χ3n) is 6.36. The minimum absolute atomic E-state index is 0.0294. The second-order valence-electron chi connectivity index (χ2n) is 8.21. The van der Waals surface area contributed by atoms with Gasteiger partial charge < -0.3 is 9.47 Å². The van der Waals surface area contributed by atoms with Gasteiger partial charge in [-0.15, -0.1) is 0 Å². The van der Waals surface area contributed by atoms with Gasteiger partial charge in [0, 0.05) is 25.2 Å². The Hall–Kier alpha value is -1.86. The van der Waals surface area contributed by atoms with Gasteiger partial charge in [0.15, 0.2) is 10.7 Å². The molecule has 0 amide bonds. The van der Waals surface area contributed by atoms with Crippen molar-refractivity contribution < 1.29 is 8.42 Å². The minimum atomic E-state index is -2.62. The Bertz CT molecular complexity index is 1080. The first-order valence-corrected chi connectivity index (χ1v) is 12.4. The molecule has 0 aliphatic carbocycles. The van der Waals surface area contributed by atoms with Gasteiger partial charge in [-0.2, -0.15) is 0 Å². The molecule has 3 heterocycles. The van der Waals surface area contributed by atoms with Gasteiger partial charge in [-0.1, -0.05) is 44.5 Å². The number of hydrogen-bond donors (Lipinski definition) is 1. The first-order chi connectivity index (χ1) is 14.5. The van der Waals surface area contributed by atoms with Crippen LogP contribution in [-0.4, -0.2) is 36.9 Å². The number of allylic oxidation sites excluding steroid dienone is 1. The van der Waals surface area contributed by atoms with Crippen molar-refractivity contribution in [2.45, 2.75) is 65.1 Å². The van der Waals surface area contributed by atoms with Crippen LogP contribution >= 0.6 is 11.6 Å². The fourth-order valence-corrected chi connectivity index (χ4v) is 5.48. The lowest BCUT2D eigenvalue weighted by molar-refractivity contribution is 0.494. The quantitative estimate of drug-likeness (QED) is 0.671. The van der Waals surface area contributed by atoms with E-state index >= 15 is 0 Å². The largest absolute Gasteiger partial charge is 0.319 e. The number of halogens is 1. The van der Waals surface area contributed by atoms with Crippen LogP contribution < -0.4 is 4.90 Å². The molecule has 6 nitrogen and oxygen atoms in total. The van der Waals surface area contributed by atoms with Crippen LogP contribution in [0.3, 0.4) is 0 Å². The standard InChI is InChI=1S/C22H29ClN4O2S/c1-4-15(5-2)17-8-9-18(23)19-20(17)26-10-6-7-11-27(22(26)25-19)21-14(3)12-16(13-24-21)30(28)29/h8-9,12-15,21,30H,4-7,10-11H2,1-3H3. The van der Waals surface area contributed by atoms with Crippen LogP contribution in [0, 0.1) is 5.92 Å². The number of imidazole rings is 1. The van der Waals surface area contributed by atoms with E-state index in [-0.39, 0.29) is 17.0 Å². The molecule has 0 bridgehead atoms. The maximum absolute atomic E-state index is 11.4. The number of hydrogen-bond acceptors (Lipinski definition) is 5. The van der Waals surface area contributed by atoms with Crippen LogP contribution in [0.1, 0.15) is 57.9 Å². The molecule has 2 aromatic rings. The molecule has 0 radical (unpaired) electrons. The van der Waals surface area contributed by atoms with Crippen molar-refractivity contribution in [1.29, 1.82) is 0 Å². The van der Waals surface area contributed by atoms with E-state index in [4.69, 9.17) is 16.6 Å². The Morgan fingerprint density at radius 3 is 2.60 bits per heavy atom. The number of aliphatic imine (C=N–C) groups is 1.